The fraction of sp³-hybridized carbons (Fsp3) is 0.316. The Balaban J connectivity index is 1.56. The molecule has 2 heterocycles. The topological polar surface area (TPSA) is 91.6 Å². The molecule has 0 spiro atoms. The molecule has 1 saturated heterocycles. The maximum absolute atomic E-state index is 12.4. The Labute approximate surface area is 150 Å². The van der Waals surface area contributed by atoms with Crippen molar-refractivity contribution in [2.75, 3.05) is 13.1 Å². The molecule has 0 saturated carbocycles. The summed E-state index contributed by atoms with van der Waals surface area (Å²) in [5, 5.41) is 13.1. The van der Waals surface area contributed by atoms with Gasteiger partial charge in [0.25, 0.3) is 11.5 Å². The molecular formula is C19H21N3O4. The molecule has 7 nitrogen and oxygen atoms in total. The first-order valence-electron chi connectivity index (χ1n) is 8.52. The number of aliphatic hydroxyl groups is 1. The van der Waals surface area contributed by atoms with Crippen LogP contribution in [0.15, 0.2) is 59.5 Å². The van der Waals surface area contributed by atoms with Gasteiger partial charge in [0.2, 0.25) is 5.91 Å². The Morgan fingerprint density at radius 2 is 1.85 bits per heavy atom. The van der Waals surface area contributed by atoms with E-state index in [0.717, 1.165) is 0 Å². The summed E-state index contributed by atoms with van der Waals surface area (Å²) in [5.74, 6) is -0.476. The minimum atomic E-state index is -0.854. The van der Waals surface area contributed by atoms with Gasteiger partial charge in [-0.1, -0.05) is 24.3 Å². The number of carbonyl (C=O) groups excluding carboxylic acids is 2. The molecule has 2 amide bonds. The Morgan fingerprint density at radius 1 is 1.12 bits per heavy atom. The summed E-state index contributed by atoms with van der Waals surface area (Å²) in [4.78, 5) is 37.8. The number of rotatable bonds is 4. The summed E-state index contributed by atoms with van der Waals surface area (Å²) in [6.07, 6.45) is 1.14. The molecule has 136 valence electrons. The molecule has 1 aliphatic heterocycles. The Morgan fingerprint density at radius 3 is 2.54 bits per heavy atom. The van der Waals surface area contributed by atoms with Crippen LogP contribution in [-0.2, 0) is 11.3 Å². The van der Waals surface area contributed by atoms with Crippen LogP contribution in [0.25, 0.3) is 0 Å². The fourth-order valence-electron chi connectivity index (χ4n) is 3.05. The van der Waals surface area contributed by atoms with Crippen LogP contribution in [-0.4, -0.2) is 51.6 Å². The quantitative estimate of drug-likeness (QED) is 0.822. The molecule has 2 aromatic rings. The number of pyridine rings is 1. The number of carbonyl (C=O) groups is 2. The van der Waals surface area contributed by atoms with Crippen LogP contribution in [0.2, 0.25) is 0 Å². The van der Waals surface area contributed by atoms with Crippen molar-refractivity contribution in [1.29, 1.82) is 0 Å². The number of aliphatic hydroxyl groups excluding tert-OH is 1. The Hall–Kier alpha value is -2.93. The van der Waals surface area contributed by atoms with E-state index in [0.29, 0.717) is 18.5 Å². The Kier molecular flexibility index (Phi) is 5.48. The van der Waals surface area contributed by atoms with Crippen molar-refractivity contribution >= 4 is 11.8 Å². The smallest absolute Gasteiger partial charge is 0.253 e. The number of nitrogens with zero attached hydrogens (tertiary/aromatic N) is 2. The SMILES string of the molecule is O=C(Cn1ccccc1=O)N[C@@H]1CCN(C(=O)c2ccccc2)C[C@H]1O. The molecule has 2 N–H and O–H groups in total. The van der Waals surface area contributed by atoms with Gasteiger partial charge >= 0.3 is 0 Å². The summed E-state index contributed by atoms with van der Waals surface area (Å²) < 4.78 is 1.30. The second kappa shape index (κ2) is 7.97. The van der Waals surface area contributed by atoms with Gasteiger partial charge in [-0.2, -0.15) is 0 Å². The van der Waals surface area contributed by atoms with Gasteiger partial charge in [-0.15, -0.1) is 0 Å². The number of piperidine rings is 1. The minimum absolute atomic E-state index is 0.102. The van der Waals surface area contributed by atoms with Gasteiger partial charge in [0.1, 0.15) is 6.54 Å². The van der Waals surface area contributed by atoms with Crippen molar-refractivity contribution in [3.8, 4) is 0 Å². The molecule has 7 heteroatoms. The van der Waals surface area contributed by atoms with Crippen molar-refractivity contribution in [3.63, 3.8) is 0 Å². The predicted molar refractivity (Wildman–Crippen MR) is 95.6 cm³/mol. The second-order valence-corrected chi connectivity index (χ2v) is 6.31. The normalized spacial score (nSPS) is 19.8. The largest absolute Gasteiger partial charge is 0.389 e. The van der Waals surface area contributed by atoms with Crippen molar-refractivity contribution in [2.24, 2.45) is 0 Å². The van der Waals surface area contributed by atoms with Crippen LogP contribution in [0.4, 0.5) is 0 Å². The molecule has 1 fully saturated rings. The third-order valence-electron chi connectivity index (χ3n) is 4.45. The molecular weight excluding hydrogens is 334 g/mol. The number of hydrogen-bond donors (Lipinski definition) is 2. The lowest BCUT2D eigenvalue weighted by Crippen LogP contribution is -2.55. The van der Waals surface area contributed by atoms with E-state index in [2.05, 4.69) is 5.32 Å². The van der Waals surface area contributed by atoms with Gasteiger partial charge in [0.05, 0.1) is 12.1 Å². The summed E-state index contributed by atoms with van der Waals surface area (Å²) in [6.45, 7) is 0.501. The van der Waals surface area contributed by atoms with Crippen LogP contribution in [0.1, 0.15) is 16.8 Å². The molecule has 1 aromatic carbocycles. The monoisotopic (exact) mass is 355 g/mol. The molecule has 0 aliphatic carbocycles. The number of β-amino-alcohol motifs (C(OH)–C–C–N with tert-alkyl or cyclic N) is 1. The zero-order valence-electron chi connectivity index (χ0n) is 14.2. The minimum Gasteiger partial charge on any atom is -0.389 e. The van der Waals surface area contributed by atoms with Gasteiger partial charge < -0.3 is 19.9 Å². The number of likely N-dealkylation sites (tertiary alicyclic amines) is 1. The number of hydrogen-bond acceptors (Lipinski definition) is 4. The lowest BCUT2D eigenvalue weighted by molar-refractivity contribution is -0.123. The van der Waals surface area contributed by atoms with Crippen molar-refractivity contribution in [2.45, 2.75) is 25.1 Å². The van der Waals surface area contributed by atoms with Crippen molar-refractivity contribution < 1.29 is 14.7 Å². The van der Waals surface area contributed by atoms with E-state index in [1.54, 1.807) is 47.5 Å². The number of benzene rings is 1. The maximum atomic E-state index is 12.4. The lowest BCUT2D eigenvalue weighted by atomic mass is 10.0. The van der Waals surface area contributed by atoms with Crippen molar-refractivity contribution in [3.05, 3.63) is 70.6 Å². The standard InChI is InChI=1S/C19H21N3O4/c23-16-12-22(19(26)14-6-2-1-3-7-14)11-9-15(16)20-17(24)13-21-10-5-4-8-18(21)25/h1-8,10,15-16,23H,9,11-13H2,(H,20,24)/t15-,16-/m1/s1. The number of aromatic nitrogens is 1. The lowest BCUT2D eigenvalue weighted by Gasteiger charge is -2.36. The van der Waals surface area contributed by atoms with E-state index in [1.807, 2.05) is 6.07 Å². The molecule has 0 radical (unpaired) electrons. The summed E-state index contributed by atoms with van der Waals surface area (Å²) in [5.41, 5.74) is 0.317. The van der Waals surface area contributed by atoms with E-state index in [-0.39, 0.29) is 30.5 Å². The highest BCUT2D eigenvalue weighted by molar-refractivity contribution is 5.94. The fourth-order valence-corrected chi connectivity index (χ4v) is 3.05. The van der Waals surface area contributed by atoms with Crippen LogP contribution in [0.5, 0.6) is 0 Å². The second-order valence-electron chi connectivity index (χ2n) is 6.31. The van der Waals surface area contributed by atoms with Gasteiger partial charge in [0.15, 0.2) is 0 Å². The molecule has 1 aromatic heterocycles. The number of nitrogens with one attached hydrogen (secondary N) is 1. The molecule has 2 atom stereocenters. The summed E-state index contributed by atoms with van der Waals surface area (Å²) in [7, 11) is 0. The van der Waals surface area contributed by atoms with Gasteiger partial charge in [-0.3, -0.25) is 14.4 Å². The molecule has 0 bridgehead atoms. The average molecular weight is 355 g/mol. The summed E-state index contributed by atoms with van der Waals surface area (Å²) >= 11 is 0. The zero-order chi connectivity index (χ0) is 18.5. The first-order valence-corrected chi connectivity index (χ1v) is 8.52. The van der Waals surface area contributed by atoms with Gasteiger partial charge in [0, 0.05) is 30.9 Å². The van der Waals surface area contributed by atoms with Gasteiger partial charge in [-0.25, -0.2) is 0 Å². The van der Waals surface area contributed by atoms with E-state index in [9.17, 15) is 19.5 Å². The molecule has 26 heavy (non-hydrogen) atoms. The molecule has 3 rings (SSSR count). The third kappa shape index (κ3) is 4.18. The van der Waals surface area contributed by atoms with E-state index in [1.165, 1.54) is 10.6 Å². The first kappa shape index (κ1) is 17.9. The highest BCUT2D eigenvalue weighted by Crippen LogP contribution is 2.14. The zero-order valence-corrected chi connectivity index (χ0v) is 14.2. The third-order valence-corrected chi connectivity index (χ3v) is 4.45. The predicted octanol–water partition coefficient (Wildman–Crippen LogP) is 0.240. The maximum Gasteiger partial charge on any atom is 0.253 e. The van der Waals surface area contributed by atoms with E-state index >= 15 is 0 Å². The van der Waals surface area contributed by atoms with Crippen LogP contribution >= 0.6 is 0 Å². The number of amides is 2. The van der Waals surface area contributed by atoms with E-state index < -0.39 is 12.1 Å². The Bertz CT molecular complexity index is 834. The van der Waals surface area contributed by atoms with Crippen LogP contribution < -0.4 is 10.9 Å². The first-order chi connectivity index (χ1) is 12.5. The van der Waals surface area contributed by atoms with Crippen LogP contribution in [0, 0.1) is 0 Å². The average Bonchev–Trinajstić information content (AvgIpc) is 2.65. The van der Waals surface area contributed by atoms with E-state index in [4.69, 9.17) is 0 Å². The molecule has 0 unspecified atom stereocenters. The summed E-state index contributed by atoms with van der Waals surface area (Å²) in [6, 6.07) is 13.1. The molecule has 1 aliphatic rings. The highest BCUT2D eigenvalue weighted by atomic mass is 16.3. The highest BCUT2D eigenvalue weighted by Gasteiger charge is 2.31. The van der Waals surface area contributed by atoms with Crippen molar-refractivity contribution in [1.82, 2.24) is 14.8 Å². The van der Waals surface area contributed by atoms with Gasteiger partial charge in [-0.05, 0) is 24.6 Å². The van der Waals surface area contributed by atoms with Crippen LogP contribution in [0.3, 0.4) is 0 Å².